The largest absolute Gasteiger partial charge is 0.355 e. The van der Waals surface area contributed by atoms with Crippen LogP contribution in [0, 0.1) is 0 Å². The number of rotatable bonds is 2. The molecule has 1 aromatic heterocycles. The molecule has 1 aliphatic rings. The predicted molar refractivity (Wildman–Crippen MR) is 65.5 cm³/mol. The fraction of sp³-hybridized carbons (Fsp3) is 0.600. The average Bonchev–Trinajstić information content (AvgIpc) is 2.58. The highest BCUT2D eigenvalue weighted by atomic mass is 35.5. The molecule has 0 atom stereocenters. The maximum Gasteiger partial charge on any atom is 0.239 e. The molecule has 1 aliphatic heterocycles. The van der Waals surface area contributed by atoms with Gasteiger partial charge in [0.25, 0.3) is 0 Å². The Hall–Kier alpha value is -1.07. The van der Waals surface area contributed by atoms with Gasteiger partial charge < -0.3 is 4.90 Å². The monoisotopic (exact) mass is 241 g/mol. The third kappa shape index (κ3) is 2.54. The molecule has 16 heavy (non-hydrogen) atoms. The molecule has 0 bridgehead atoms. The maximum atomic E-state index is 6.10. The van der Waals surface area contributed by atoms with Crippen LogP contribution in [0.2, 0.25) is 5.02 Å². The van der Waals surface area contributed by atoms with Gasteiger partial charge in [0.1, 0.15) is 5.02 Å². The van der Waals surface area contributed by atoms with Crippen molar-refractivity contribution in [3.8, 4) is 0 Å². The van der Waals surface area contributed by atoms with E-state index in [1.807, 2.05) is 0 Å². The van der Waals surface area contributed by atoms with Crippen LogP contribution in [0.1, 0.15) is 25.7 Å². The van der Waals surface area contributed by atoms with Crippen molar-refractivity contribution in [1.29, 1.82) is 0 Å². The van der Waals surface area contributed by atoms with Crippen molar-refractivity contribution in [2.75, 3.05) is 23.4 Å². The summed E-state index contributed by atoms with van der Waals surface area (Å²) in [7, 11) is 0. The molecule has 2 rings (SSSR count). The zero-order valence-electron chi connectivity index (χ0n) is 9.12. The molecular weight excluding hydrogens is 226 g/mol. The third-order valence-corrected chi connectivity index (χ3v) is 3.03. The second-order valence-corrected chi connectivity index (χ2v) is 4.32. The van der Waals surface area contributed by atoms with E-state index in [-0.39, 0.29) is 0 Å². The average molecular weight is 242 g/mol. The second-order valence-electron chi connectivity index (χ2n) is 3.91. The van der Waals surface area contributed by atoms with Gasteiger partial charge >= 0.3 is 0 Å². The van der Waals surface area contributed by atoms with Gasteiger partial charge in [-0.1, -0.05) is 24.4 Å². The van der Waals surface area contributed by atoms with Crippen LogP contribution in [-0.4, -0.2) is 23.1 Å². The molecular formula is C10H16ClN5. The molecule has 1 fully saturated rings. The van der Waals surface area contributed by atoms with Gasteiger partial charge in [0, 0.05) is 13.1 Å². The number of nitrogens with one attached hydrogen (secondary N) is 1. The highest BCUT2D eigenvalue weighted by molar-refractivity contribution is 6.32. The van der Waals surface area contributed by atoms with Gasteiger partial charge in [-0.2, -0.15) is 4.98 Å². The lowest BCUT2D eigenvalue weighted by Crippen LogP contribution is -2.26. The minimum Gasteiger partial charge on any atom is -0.355 e. The number of hydrogen-bond donors (Lipinski definition) is 2. The molecule has 0 unspecified atom stereocenters. The molecule has 0 spiro atoms. The number of aromatic nitrogens is 2. The quantitative estimate of drug-likeness (QED) is 0.611. The van der Waals surface area contributed by atoms with Gasteiger partial charge in [0.15, 0.2) is 5.82 Å². The van der Waals surface area contributed by atoms with E-state index in [9.17, 15) is 0 Å². The zero-order chi connectivity index (χ0) is 11.4. The molecule has 0 amide bonds. The van der Waals surface area contributed by atoms with Gasteiger partial charge in [-0.15, -0.1) is 0 Å². The summed E-state index contributed by atoms with van der Waals surface area (Å²) in [6, 6.07) is 0. The van der Waals surface area contributed by atoms with Crippen molar-refractivity contribution >= 4 is 23.4 Å². The Labute approximate surface area is 100.0 Å². The fourth-order valence-electron chi connectivity index (χ4n) is 1.93. The lowest BCUT2D eigenvalue weighted by Gasteiger charge is -2.22. The lowest BCUT2D eigenvalue weighted by molar-refractivity contribution is 0.726. The second kappa shape index (κ2) is 5.32. The molecule has 2 heterocycles. The summed E-state index contributed by atoms with van der Waals surface area (Å²) in [6.07, 6.45) is 6.52. The fourth-order valence-corrected chi connectivity index (χ4v) is 2.14. The van der Waals surface area contributed by atoms with Crippen LogP contribution in [0.3, 0.4) is 0 Å². The Kier molecular flexibility index (Phi) is 3.79. The molecule has 1 aromatic rings. The van der Waals surface area contributed by atoms with Crippen LogP contribution in [0.4, 0.5) is 11.8 Å². The Balaban J connectivity index is 2.22. The van der Waals surface area contributed by atoms with E-state index in [0.29, 0.717) is 11.0 Å². The van der Waals surface area contributed by atoms with E-state index in [4.69, 9.17) is 17.4 Å². The molecule has 5 nitrogen and oxygen atoms in total. The van der Waals surface area contributed by atoms with Crippen molar-refractivity contribution in [3.05, 3.63) is 11.2 Å². The van der Waals surface area contributed by atoms with E-state index >= 15 is 0 Å². The number of nitrogen functional groups attached to an aromatic ring is 1. The van der Waals surface area contributed by atoms with Gasteiger partial charge in [0.05, 0.1) is 6.20 Å². The first-order valence-corrected chi connectivity index (χ1v) is 5.93. The molecule has 0 aliphatic carbocycles. The number of nitrogens with two attached hydrogens (primary N) is 1. The van der Waals surface area contributed by atoms with Gasteiger partial charge in [-0.3, -0.25) is 5.43 Å². The van der Waals surface area contributed by atoms with Crippen molar-refractivity contribution in [2.45, 2.75) is 25.7 Å². The smallest absolute Gasteiger partial charge is 0.239 e. The predicted octanol–water partition coefficient (Wildman–Crippen LogP) is 1.80. The molecule has 0 aromatic carbocycles. The highest BCUT2D eigenvalue weighted by Crippen LogP contribution is 2.25. The summed E-state index contributed by atoms with van der Waals surface area (Å²) in [4.78, 5) is 10.5. The molecule has 1 saturated heterocycles. The van der Waals surface area contributed by atoms with Crippen LogP contribution in [0.5, 0.6) is 0 Å². The lowest BCUT2D eigenvalue weighted by atomic mass is 10.2. The maximum absolute atomic E-state index is 6.10. The summed E-state index contributed by atoms with van der Waals surface area (Å²) in [5, 5.41) is 0.584. The SMILES string of the molecule is NNc1ncc(Cl)c(N2CCCCCC2)n1. The number of halogens is 1. The third-order valence-electron chi connectivity index (χ3n) is 2.76. The summed E-state index contributed by atoms with van der Waals surface area (Å²) >= 11 is 6.10. The highest BCUT2D eigenvalue weighted by Gasteiger charge is 2.15. The Morgan fingerprint density at radius 3 is 2.56 bits per heavy atom. The van der Waals surface area contributed by atoms with Crippen molar-refractivity contribution in [2.24, 2.45) is 5.84 Å². The van der Waals surface area contributed by atoms with Crippen LogP contribution < -0.4 is 16.2 Å². The Bertz CT molecular complexity index is 349. The van der Waals surface area contributed by atoms with Crippen LogP contribution in [-0.2, 0) is 0 Å². The van der Waals surface area contributed by atoms with Crippen LogP contribution >= 0.6 is 11.6 Å². The summed E-state index contributed by atoms with van der Waals surface area (Å²) in [5.41, 5.74) is 2.44. The molecule has 88 valence electrons. The van der Waals surface area contributed by atoms with E-state index in [1.54, 1.807) is 6.20 Å². The van der Waals surface area contributed by atoms with Crippen molar-refractivity contribution in [3.63, 3.8) is 0 Å². The van der Waals surface area contributed by atoms with Crippen molar-refractivity contribution < 1.29 is 0 Å². The summed E-state index contributed by atoms with van der Waals surface area (Å²) < 4.78 is 0. The number of hydrazine groups is 1. The van der Waals surface area contributed by atoms with E-state index in [0.717, 1.165) is 18.9 Å². The van der Waals surface area contributed by atoms with Crippen LogP contribution in [0.15, 0.2) is 6.20 Å². The van der Waals surface area contributed by atoms with E-state index < -0.39 is 0 Å². The summed E-state index contributed by atoms with van der Waals surface area (Å²) in [5.74, 6) is 6.48. The molecule has 6 heteroatoms. The Morgan fingerprint density at radius 1 is 1.25 bits per heavy atom. The first-order valence-electron chi connectivity index (χ1n) is 5.55. The normalized spacial score (nSPS) is 17.0. The van der Waals surface area contributed by atoms with E-state index in [1.165, 1.54) is 25.7 Å². The molecule has 3 N–H and O–H groups in total. The topological polar surface area (TPSA) is 67.1 Å². The molecule has 0 radical (unpaired) electrons. The zero-order valence-corrected chi connectivity index (χ0v) is 9.87. The number of hydrogen-bond acceptors (Lipinski definition) is 5. The van der Waals surface area contributed by atoms with Crippen molar-refractivity contribution in [1.82, 2.24) is 9.97 Å². The number of nitrogens with zero attached hydrogens (tertiary/aromatic N) is 3. The van der Waals surface area contributed by atoms with E-state index in [2.05, 4.69) is 20.3 Å². The van der Waals surface area contributed by atoms with Gasteiger partial charge in [-0.05, 0) is 12.8 Å². The first-order chi connectivity index (χ1) is 7.81. The van der Waals surface area contributed by atoms with Gasteiger partial charge in [0.2, 0.25) is 5.95 Å². The number of anilines is 2. The summed E-state index contributed by atoms with van der Waals surface area (Å²) in [6.45, 7) is 2.00. The van der Waals surface area contributed by atoms with Crippen LogP contribution in [0.25, 0.3) is 0 Å². The minimum absolute atomic E-state index is 0.406. The molecule has 0 saturated carbocycles. The van der Waals surface area contributed by atoms with Gasteiger partial charge in [-0.25, -0.2) is 10.8 Å². The standard InChI is InChI=1S/C10H16ClN5/c11-8-7-13-10(15-12)14-9(8)16-5-3-1-2-4-6-16/h7H,1-6,12H2,(H,13,14,15). The Morgan fingerprint density at radius 2 is 1.94 bits per heavy atom. The first kappa shape index (κ1) is 11.4. The minimum atomic E-state index is 0.406.